The molecular formula is C15H21NO4. The van der Waals surface area contributed by atoms with Gasteiger partial charge in [0.05, 0.1) is 6.42 Å². The molecule has 0 radical (unpaired) electrons. The number of nitrogens with one attached hydrogen (secondary N) is 1. The van der Waals surface area contributed by atoms with E-state index in [0.29, 0.717) is 11.7 Å². The number of aliphatic carboxylic acids is 1. The summed E-state index contributed by atoms with van der Waals surface area (Å²) in [5, 5.41) is 11.0. The van der Waals surface area contributed by atoms with Gasteiger partial charge in [0.2, 0.25) is 0 Å². The molecule has 20 heavy (non-hydrogen) atoms. The fourth-order valence-corrected chi connectivity index (χ4v) is 1.75. The van der Waals surface area contributed by atoms with Gasteiger partial charge in [-0.05, 0) is 30.0 Å². The molecule has 0 aromatic heterocycles. The number of carbonyl (C=O) groups excluding carboxylic acids is 1. The van der Waals surface area contributed by atoms with Gasteiger partial charge in [-0.15, -0.1) is 0 Å². The highest BCUT2D eigenvalue weighted by molar-refractivity contribution is 5.78. The van der Waals surface area contributed by atoms with E-state index in [1.165, 1.54) is 0 Å². The van der Waals surface area contributed by atoms with Crippen LogP contribution in [0.2, 0.25) is 0 Å². The molecule has 5 heteroatoms. The first-order chi connectivity index (χ1) is 9.40. The molecule has 2 N–H and O–H groups in total. The maximum Gasteiger partial charge on any atom is 0.305 e. The molecule has 0 spiro atoms. The van der Waals surface area contributed by atoms with Gasteiger partial charge in [0.15, 0.2) is 6.61 Å². The molecule has 110 valence electrons. The summed E-state index contributed by atoms with van der Waals surface area (Å²) in [6.07, 6.45) is -0.0899. The molecule has 0 bridgehead atoms. The summed E-state index contributed by atoms with van der Waals surface area (Å²) < 4.78 is 5.54. The molecule has 5 nitrogen and oxygen atoms in total. The van der Waals surface area contributed by atoms with E-state index in [9.17, 15) is 9.59 Å². The SMILES string of the molecule is Cc1ccc(C(C)C)c(OCC(=O)NCCC(=O)O)c1. The minimum atomic E-state index is -0.938. The third-order valence-electron chi connectivity index (χ3n) is 2.81. The minimum Gasteiger partial charge on any atom is -0.483 e. The van der Waals surface area contributed by atoms with Crippen LogP contribution in [0.25, 0.3) is 0 Å². The third-order valence-corrected chi connectivity index (χ3v) is 2.81. The van der Waals surface area contributed by atoms with Gasteiger partial charge in [-0.2, -0.15) is 0 Å². The lowest BCUT2D eigenvalue weighted by Crippen LogP contribution is -2.30. The zero-order chi connectivity index (χ0) is 15.1. The Bertz CT molecular complexity index is 483. The first-order valence-electron chi connectivity index (χ1n) is 6.62. The molecule has 1 amide bonds. The van der Waals surface area contributed by atoms with E-state index in [2.05, 4.69) is 19.2 Å². The average molecular weight is 279 g/mol. The highest BCUT2D eigenvalue weighted by Gasteiger charge is 2.10. The Morgan fingerprint density at radius 3 is 2.65 bits per heavy atom. The molecule has 0 aliphatic carbocycles. The van der Waals surface area contributed by atoms with E-state index in [1.54, 1.807) is 0 Å². The van der Waals surface area contributed by atoms with E-state index in [4.69, 9.17) is 9.84 Å². The Hall–Kier alpha value is -2.04. The van der Waals surface area contributed by atoms with Crippen LogP contribution >= 0.6 is 0 Å². The monoisotopic (exact) mass is 279 g/mol. The summed E-state index contributed by atoms with van der Waals surface area (Å²) in [5.41, 5.74) is 2.12. The first kappa shape index (κ1) is 16.0. The second-order valence-electron chi connectivity index (χ2n) is 4.98. The molecule has 0 heterocycles. The van der Waals surface area contributed by atoms with Crippen LogP contribution in [0.15, 0.2) is 18.2 Å². The Morgan fingerprint density at radius 1 is 1.35 bits per heavy atom. The van der Waals surface area contributed by atoms with Crippen LogP contribution in [0, 0.1) is 6.92 Å². The number of aryl methyl sites for hydroxylation is 1. The van der Waals surface area contributed by atoms with E-state index in [0.717, 1.165) is 11.1 Å². The number of hydrogen-bond donors (Lipinski definition) is 2. The van der Waals surface area contributed by atoms with Gasteiger partial charge >= 0.3 is 5.97 Å². The number of ether oxygens (including phenoxy) is 1. The molecule has 0 aliphatic rings. The summed E-state index contributed by atoms with van der Waals surface area (Å²) in [6, 6.07) is 5.91. The summed E-state index contributed by atoms with van der Waals surface area (Å²) in [4.78, 5) is 21.9. The van der Waals surface area contributed by atoms with E-state index in [1.807, 2.05) is 25.1 Å². The summed E-state index contributed by atoms with van der Waals surface area (Å²) in [6.45, 7) is 6.09. The largest absolute Gasteiger partial charge is 0.483 e. The van der Waals surface area contributed by atoms with Gasteiger partial charge in [0.25, 0.3) is 5.91 Å². The standard InChI is InChI=1S/C15H21NO4/c1-10(2)12-5-4-11(3)8-13(12)20-9-14(17)16-7-6-15(18)19/h4-5,8,10H,6-7,9H2,1-3H3,(H,16,17)(H,18,19). The van der Waals surface area contributed by atoms with Crippen molar-refractivity contribution in [1.82, 2.24) is 5.32 Å². The van der Waals surface area contributed by atoms with Gasteiger partial charge in [-0.3, -0.25) is 9.59 Å². The number of carboxylic acid groups (broad SMARTS) is 1. The fraction of sp³-hybridized carbons (Fsp3) is 0.467. The Kier molecular flexibility index (Phi) is 6.03. The number of amides is 1. The fourth-order valence-electron chi connectivity index (χ4n) is 1.75. The second kappa shape index (κ2) is 7.53. The number of benzene rings is 1. The summed E-state index contributed by atoms with van der Waals surface area (Å²) >= 11 is 0. The maximum absolute atomic E-state index is 11.5. The quantitative estimate of drug-likeness (QED) is 0.801. The van der Waals surface area contributed by atoms with E-state index < -0.39 is 5.97 Å². The molecule has 0 saturated carbocycles. The van der Waals surface area contributed by atoms with Crippen molar-refractivity contribution in [3.05, 3.63) is 29.3 Å². The number of rotatable bonds is 7. The topological polar surface area (TPSA) is 75.6 Å². The van der Waals surface area contributed by atoms with Crippen LogP contribution in [0.4, 0.5) is 0 Å². The van der Waals surface area contributed by atoms with Gasteiger partial charge in [-0.1, -0.05) is 26.0 Å². The maximum atomic E-state index is 11.5. The zero-order valence-corrected chi connectivity index (χ0v) is 12.1. The van der Waals surface area contributed by atoms with E-state index >= 15 is 0 Å². The lowest BCUT2D eigenvalue weighted by atomic mass is 10.0. The van der Waals surface area contributed by atoms with E-state index in [-0.39, 0.29) is 25.5 Å². The van der Waals surface area contributed by atoms with Crippen molar-refractivity contribution in [2.75, 3.05) is 13.2 Å². The van der Waals surface area contributed by atoms with Gasteiger partial charge in [0, 0.05) is 6.54 Å². The summed E-state index contributed by atoms with van der Waals surface area (Å²) in [7, 11) is 0. The van der Waals surface area contributed by atoms with Crippen molar-refractivity contribution in [3.8, 4) is 5.75 Å². The Morgan fingerprint density at radius 2 is 2.05 bits per heavy atom. The second-order valence-corrected chi connectivity index (χ2v) is 4.98. The van der Waals surface area contributed by atoms with Gasteiger partial charge < -0.3 is 15.2 Å². The minimum absolute atomic E-state index is 0.0899. The van der Waals surface area contributed by atoms with Crippen LogP contribution in [-0.4, -0.2) is 30.1 Å². The average Bonchev–Trinajstić information content (AvgIpc) is 2.35. The number of carboxylic acids is 1. The normalized spacial score (nSPS) is 10.4. The van der Waals surface area contributed by atoms with Crippen molar-refractivity contribution in [1.29, 1.82) is 0 Å². The Labute approximate surface area is 118 Å². The van der Waals surface area contributed by atoms with Gasteiger partial charge in [-0.25, -0.2) is 0 Å². The van der Waals surface area contributed by atoms with Crippen molar-refractivity contribution < 1.29 is 19.4 Å². The number of carbonyl (C=O) groups is 2. The third kappa shape index (κ3) is 5.30. The molecule has 1 aromatic carbocycles. The van der Waals surface area contributed by atoms with Crippen molar-refractivity contribution in [2.45, 2.75) is 33.1 Å². The van der Waals surface area contributed by atoms with Crippen LogP contribution in [0.1, 0.15) is 37.3 Å². The van der Waals surface area contributed by atoms with Crippen molar-refractivity contribution in [2.24, 2.45) is 0 Å². The molecule has 0 unspecified atom stereocenters. The van der Waals surface area contributed by atoms with Gasteiger partial charge in [0.1, 0.15) is 5.75 Å². The molecule has 1 aromatic rings. The smallest absolute Gasteiger partial charge is 0.305 e. The molecular weight excluding hydrogens is 258 g/mol. The predicted octanol–water partition coefficient (Wildman–Crippen LogP) is 2.09. The van der Waals surface area contributed by atoms with Crippen molar-refractivity contribution in [3.63, 3.8) is 0 Å². The molecule has 0 saturated heterocycles. The van der Waals surface area contributed by atoms with Crippen LogP contribution in [-0.2, 0) is 9.59 Å². The molecule has 0 fully saturated rings. The lowest BCUT2D eigenvalue weighted by molar-refractivity contribution is -0.137. The first-order valence-corrected chi connectivity index (χ1v) is 6.62. The zero-order valence-electron chi connectivity index (χ0n) is 12.1. The van der Waals surface area contributed by atoms with Crippen molar-refractivity contribution >= 4 is 11.9 Å². The summed E-state index contributed by atoms with van der Waals surface area (Å²) in [5.74, 6) is -0.247. The van der Waals surface area contributed by atoms with Crippen LogP contribution in [0.5, 0.6) is 5.75 Å². The molecule has 0 aliphatic heterocycles. The highest BCUT2D eigenvalue weighted by atomic mass is 16.5. The predicted molar refractivity (Wildman–Crippen MR) is 76.0 cm³/mol. The van der Waals surface area contributed by atoms with Crippen LogP contribution < -0.4 is 10.1 Å². The number of hydrogen-bond acceptors (Lipinski definition) is 3. The Balaban J connectivity index is 2.54. The molecule has 0 atom stereocenters. The molecule has 1 rings (SSSR count). The lowest BCUT2D eigenvalue weighted by Gasteiger charge is -2.14. The van der Waals surface area contributed by atoms with Crippen LogP contribution in [0.3, 0.4) is 0 Å². The highest BCUT2D eigenvalue weighted by Crippen LogP contribution is 2.27.